The number of carbonyl (C=O) groups is 6. The second kappa shape index (κ2) is 32.0. The number of carbonyl (C=O) groups excluding carboxylic acids is 6. The van der Waals surface area contributed by atoms with Crippen LogP contribution in [0, 0.1) is 0 Å². The summed E-state index contributed by atoms with van der Waals surface area (Å²) in [5.41, 5.74) is 4.08. The third-order valence-electron chi connectivity index (χ3n) is 7.30. The summed E-state index contributed by atoms with van der Waals surface area (Å²) in [6.07, 6.45) is 1.50. The number of thioether (sulfide) groups is 4. The van der Waals surface area contributed by atoms with Gasteiger partial charge in [-0.2, -0.15) is 0 Å². The SMILES string of the molecule is CN(C)C=O.CN(C)C=O.O=C([O-])c1cccc(CSc2nnc(SCc3cccc(C(=O)[O-])c3)s2)c1.O=C([O-])c1cccc(CSc2nnc(SCc3cccc(C(=O)[O-])c3)s2)c1.[Cu+2].[Cu+2]. The first kappa shape index (κ1) is 59.3. The molecule has 0 spiro atoms. The molecule has 4 aromatic carbocycles. The van der Waals surface area contributed by atoms with Crippen LogP contribution in [0.2, 0.25) is 0 Å². The van der Waals surface area contributed by atoms with Crippen molar-refractivity contribution >= 4 is 106 Å². The summed E-state index contributed by atoms with van der Waals surface area (Å²) in [6, 6.07) is 26.5. The van der Waals surface area contributed by atoms with E-state index >= 15 is 0 Å². The number of benzene rings is 4. The number of nitrogens with zero attached hydrogens (tertiary/aromatic N) is 6. The van der Waals surface area contributed by atoms with Crippen molar-refractivity contribution in [1.82, 2.24) is 30.2 Å². The van der Waals surface area contributed by atoms with Crippen LogP contribution in [0.4, 0.5) is 0 Å². The molecule has 0 fully saturated rings. The molecule has 2 radical (unpaired) electrons. The van der Waals surface area contributed by atoms with Crippen molar-refractivity contribution in [3.8, 4) is 0 Å². The molecule has 0 aliphatic rings. The van der Waals surface area contributed by atoms with Crippen LogP contribution in [-0.2, 0) is 66.7 Å². The van der Waals surface area contributed by atoms with Gasteiger partial charge in [0.25, 0.3) is 0 Å². The zero-order valence-corrected chi connectivity index (χ0v) is 41.8. The number of rotatable bonds is 18. The van der Waals surface area contributed by atoms with Gasteiger partial charge in [-0.25, -0.2) is 0 Å². The first-order valence-corrected chi connectivity index (χ1v) is 23.8. The Hall–Kier alpha value is -4.74. The molecule has 2 aromatic heterocycles. The Balaban J connectivity index is 0.000000534. The van der Waals surface area contributed by atoms with Crippen LogP contribution < -0.4 is 20.4 Å². The molecule has 0 atom stereocenters. The number of carboxylic acid groups (broad SMARTS) is 4. The molecule has 16 nitrogen and oxygen atoms in total. The number of hydrogen-bond acceptors (Lipinski definition) is 20. The van der Waals surface area contributed by atoms with Crippen molar-refractivity contribution in [2.45, 2.75) is 40.4 Å². The summed E-state index contributed by atoms with van der Waals surface area (Å²) in [6.45, 7) is 0. The van der Waals surface area contributed by atoms with Crippen molar-refractivity contribution in [3.63, 3.8) is 0 Å². The van der Waals surface area contributed by atoms with Crippen molar-refractivity contribution < 1.29 is 83.3 Å². The van der Waals surface area contributed by atoms with Crippen molar-refractivity contribution in [2.24, 2.45) is 0 Å². The summed E-state index contributed by atoms with van der Waals surface area (Å²) in [7, 11) is 6.75. The normalized spacial score (nSPS) is 9.76. The van der Waals surface area contributed by atoms with E-state index in [4.69, 9.17) is 0 Å². The van der Waals surface area contributed by atoms with Gasteiger partial charge < -0.3 is 49.4 Å². The Morgan fingerprint density at radius 3 is 0.818 bits per heavy atom. The molecule has 6 rings (SSSR count). The zero-order valence-electron chi connectivity index (χ0n) is 35.0. The summed E-state index contributed by atoms with van der Waals surface area (Å²) < 4.78 is 3.11. The van der Waals surface area contributed by atoms with E-state index in [-0.39, 0.29) is 56.4 Å². The minimum atomic E-state index is -1.20. The molecule has 354 valence electrons. The predicted octanol–water partition coefficient (Wildman–Crippen LogP) is 3.10. The van der Waals surface area contributed by atoms with Gasteiger partial charge in [0.15, 0.2) is 17.4 Å². The summed E-state index contributed by atoms with van der Waals surface area (Å²) in [5, 5.41) is 60.1. The van der Waals surface area contributed by atoms with Gasteiger partial charge in [0, 0.05) is 51.2 Å². The van der Waals surface area contributed by atoms with Gasteiger partial charge in [-0.05, 0) is 68.8 Å². The number of amides is 2. The van der Waals surface area contributed by atoms with Crippen molar-refractivity contribution in [1.29, 1.82) is 0 Å². The molecular formula is C42H38Cu2N6O10S6. The molecular weight excluding hydrogens is 1070 g/mol. The minimum Gasteiger partial charge on any atom is -0.545 e. The van der Waals surface area contributed by atoms with Gasteiger partial charge in [0.05, 0.1) is 23.9 Å². The molecule has 0 saturated heterocycles. The summed E-state index contributed by atoms with van der Waals surface area (Å²) >= 11 is 8.78. The average molecular weight is 1110 g/mol. The van der Waals surface area contributed by atoms with Crippen LogP contribution >= 0.6 is 69.7 Å². The van der Waals surface area contributed by atoms with E-state index in [1.165, 1.54) is 104 Å². The van der Waals surface area contributed by atoms with E-state index in [0.29, 0.717) is 23.0 Å². The fourth-order valence-corrected chi connectivity index (χ4v) is 10.2. The average Bonchev–Trinajstić information content (AvgIpc) is 3.96. The Morgan fingerprint density at radius 2 is 0.652 bits per heavy atom. The molecule has 66 heavy (non-hydrogen) atoms. The molecule has 0 bridgehead atoms. The number of hydrogen-bond donors (Lipinski definition) is 0. The smallest absolute Gasteiger partial charge is 0.545 e. The third-order valence-corrected chi connectivity index (χ3v) is 14.0. The summed E-state index contributed by atoms with van der Waals surface area (Å²) in [5.74, 6) is -2.47. The third kappa shape index (κ3) is 23.1. The van der Waals surface area contributed by atoms with Crippen LogP contribution in [-0.4, -0.2) is 95.1 Å². The largest absolute Gasteiger partial charge is 2.00 e. The van der Waals surface area contributed by atoms with E-state index in [1.807, 2.05) is 24.3 Å². The topological polar surface area (TPSA) is 253 Å². The Morgan fingerprint density at radius 1 is 0.455 bits per heavy atom. The molecule has 0 aliphatic carbocycles. The van der Waals surface area contributed by atoms with Gasteiger partial charge >= 0.3 is 34.1 Å². The van der Waals surface area contributed by atoms with Gasteiger partial charge in [-0.1, -0.05) is 143 Å². The fraction of sp³-hybridized carbons (Fsp3) is 0.190. The summed E-state index contributed by atoms with van der Waals surface area (Å²) in [4.78, 5) is 65.4. The van der Waals surface area contributed by atoms with Crippen molar-refractivity contribution in [2.75, 3.05) is 28.2 Å². The fourth-order valence-electron chi connectivity index (χ4n) is 4.36. The molecule has 0 unspecified atom stereocenters. The van der Waals surface area contributed by atoms with E-state index in [9.17, 15) is 49.2 Å². The zero-order chi connectivity index (χ0) is 47.0. The maximum absolute atomic E-state index is 10.9. The first-order valence-electron chi connectivity index (χ1n) is 18.2. The van der Waals surface area contributed by atoms with Crippen LogP contribution in [0.25, 0.3) is 0 Å². The standard InChI is InChI=1S/2C18H14N2O4S3.2C3H7NO.2Cu/c2*21-15(22)13-5-1-3-11(7-13)9-25-17-19-20-18(27-17)26-10-12-4-2-6-14(8-12)16(23)24;2*1-4(2)3-5;;/h2*1-8H,9-10H2,(H,21,22)(H,23,24);2*3H,1-2H3;;/q;;;;2*+2/p-4. The van der Waals surface area contributed by atoms with Gasteiger partial charge in [0.1, 0.15) is 0 Å². The van der Waals surface area contributed by atoms with E-state index in [0.717, 1.165) is 52.4 Å². The molecule has 2 amide bonds. The quantitative estimate of drug-likeness (QED) is 0.0681. The Labute approximate surface area is 426 Å². The number of carboxylic acids is 4. The van der Waals surface area contributed by atoms with E-state index in [1.54, 1.807) is 76.7 Å². The van der Waals surface area contributed by atoms with Gasteiger partial charge in [-0.3, -0.25) is 9.59 Å². The molecule has 6 aromatic rings. The molecule has 0 N–H and O–H groups in total. The van der Waals surface area contributed by atoms with E-state index < -0.39 is 23.9 Å². The number of aromatic carboxylic acids is 4. The maximum Gasteiger partial charge on any atom is 2.00 e. The Kier molecular flexibility index (Phi) is 28.8. The predicted molar refractivity (Wildman–Crippen MR) is 241 cm³/mol. The Bertz CT molecular complexity index is 2170. The van der Waals surface area contributed by atoms with Gasteiger partial charge in [0.2, 0.25) is 12.8 Å². The number of aromatic nitrogens is 4. The monoisotopic (exact) mass is 1100 g/mol. The van der Waals surface area contributed by atoms with Crippen LogP contribution in [0.15, 0.2) is 114 Å². The minimum absolute atomic E-state index is 0. The van der Waals surface area contributed by atoms with Crippen molar-refractivity contribution in [3.05, 3.63) is 142 Å². The second-order valence-electron chi connectivity index (χ2n) is 12.9. The molecule has 0 aliphatic heterocycles. The first-order chi connectivity index (χ1) is 30.6. The molecule has 24 heteroatoms. The van der Waals surface area contributed by atoms with Crippen LogP contribution in [0.3, 0.4) is 0 Å². The second-order valence-corrected chi connectivity index (χ2v) is 19.8. The van der Waals surface area contributed by atoms with E-state index in [2.05, 4.69) is 20.4 Å². The molecule has 2 heterocycles. The molecule has 0 saturated carbocycles. The van der Waals surface area contributed by atoms with Gasteiger partial charge in [-0.15, -0.1) is 20.4 Å². The van der Waals surface area contributed by atoms with Crippen LogP contribution in [0.5, 0.6) is 0 Å². The maximum atomic E-state index is 10.9. The van der Waals surface area contributed by atoms with Crippen LogP contribution in [0.1, 0.15) is 63.7 Å².